The van der Waals surface area contributed by atoms with Gasteiger partial charge in [-0.15, -0.1) is 6.58 Å². The lowest BCUT2D eigenvalue weighted by atomic mass is 9.94. The molecule has 0 radical (unpaired) electrons. The summed E-state index contributed by atoms with van der Waals surface area (Å²) in [6.07, 6.45) is 20.1. The molecule has 0 heterocycles. The maximum absolute atomic E-state index is 6.39. The molecule has 0 saturated heterocycles. The Morgan fingerprint density at radius 2 is 1.21 bits per heavy atom. The van der Waals surface area contributed by atoms with Crippen molar-refractivity contribution in [1.82, 2.24) is 0 Å². The number of hydrogen-bond acceptors (Lipinski definition) is 1. The fourth-order valence-electron chi connectivity index (χ4n) is 3.45. The highest BCUT2D eigenvalue weighted by atomic mass is 28.4. The van der Waals surface area contributed by atoms with E-state index in [0.717, 1.165) is 12.5 Å². The monoisotopic (exact) mass is 410 g/mol. The highest BCUT2D eigenvalue weighted by Crippen LogP contribution is 2.37. The number of rotatable bonds is 18. The van der Waals surface area contributed by atoms with Crippen LogP contribution >= 0.6 is 0 Å². The summed E-state index contributed by atoms with van der Waals surface area (Å²) in [4.78, 5) is 0. The first kappa shape index (κ1) is 27.9. The van der Waals surface area contributed by atoms with Gasteiger partial charge in [-0.3, -0.25) is 0 Å². The quantitative estimate of drug-likeness (QED) is 0.124. The van der Waals surface area contributed by atoms with E-state index in [9.17, 15) is 0 Å². The van der Waals surface area contributed by atoms with Crippen molar-refractivity contribution in [3.05, 3.63) is 12.7 Å². The Bertz CT molecular complexity index is 369. The second-order valence-corrected chi connectivity index (χ2v) is 15.7. The normalized spacial score (nSPS) is 14.8. The molecular formula is C26H54OSi. The van der Waals surface area contributed by atoms with Crippen LogP contribution in [-0.2, 0) is 4.43 Å². The van der Waals surface area contributed by atoms with E-state index in [-0.39, 0.29) is 0 Å². The van der Waals surface area contributed by atoms with Crippen molar-refractivity contribution in [1.29, 1.82) is 0 Å². The molecular weight excluding hydrogens is 356 g/mol. The lowest BCUT2D eigenvalue weighted by Crippen LogP contribution is -2.41. The smallest absolute Gasteiger partial charge is 0.191 e. The number of hydrogen-bond donors (Lipinski definition) is 0. The first-order chi connectivity index (χ1) is 13.1. The first-order valence-electron chi connectivity index (χ1n) is 12.3. The maximum atomic E-state index is 6.39. The summed E-state index contributed by atoms with van der Waals surface area (Å²) in [7, 11) is -1.57. The van der Waals surface area contributed by atoms with E-state index < -0.39 is 8.32 Å². The van der Waals surface area contributed by atoms with Gasteiger partial charge in [-0.25, -0.2) is 0 Å². The molecule has 0 rings (SSSR count). The predicted octanol–water partition coefficient (Wildman–Crippen LogP) is 9.54. The van der Waals surface area contributed by atoms with Crippen molar-refractivity contribution in [2.45, 2.75) is 136 Å². The third kappa shape index (κ3) is 14.9. The summed E-state index contributed by atoms with van der Waals surface area (Å²) < 4.78 is 6.39. The molecule has 2 atom stereocenters. The Morgan fingerprint density at radius 3 is 1.75 bits per heavy atom. The fraction of sp³-hybridized carbons (Fsp3) is 0.923. The average molecular weight is 411 g/mol. The van der Waals surface area contributed by atoms with Gasteiger partial charge >= 0.3 is 0 Å². The van der Waals surface area contributed by atoms with Crippen LogP contribution < -0.4 is 0 Å². The molecule has 0 aromatic carbocycles. The van der Waals surface area contributed by atoms with Crippen LogP contribution in [0.3, 0.4) is 0 Å². The van der Waals surface area contributed by atoms with E-state index in [0.29, 0.717) is 11.0 Å². The molecule has 0 saturated carbocycles. The topological polar surface area (TPSA) is 9.23 Å². The molecule has 0 N–H and O–H groups in total. The minimum Gasteiger partial charge on any atom is -0.417 e. The van der Waals surface area contributed by atoms with Crippen LogP contribution in [0.2, 0.25) is 18.1 Å². The van der Waals surface area contributed by atoms with Gasteiger partial charge in [0.1, 0.15) is 0 Å². The van der Waals surface area contributed by atoms with E-state index in [4.69, 9.17) is 4.43 Å². The third-order valence-corrected chi connectivity index (χ3v) is 11.3. The third-order valence-electron chi connectivity index (χ3n) is 6.78. The van der Waals surface area contributed by atoms with Gasteiger partial charge in [0, 0.05) is 6.61 Å². The molecule has 28 heavy (non-hydrogen) atoms. The van der Waals surface area contributed by atoms with Gasteiger partial charge < -0.3 is 4.43 Å². The van der Waals surface area contributed by atoms with Crippen LogP contribution in [0, 0.1) is 11.8 Å². The molecule has 0 bridgehead atoms. The van der Waals surface area contributed by atoms with E-state index >= 15 is 0 Å². The summed E-state index contributed by atoms with van der Waals surface area (Å²) >= 11 is 0. The molecule has 0 aliphatic carbocycles. The summed E-state index contributed by atoms with van der Waals surface area (Å²) in [5, 5.41) is 0.326. The lowest BCUT2D eigenvalue weighted by Gasteiger charge is -2.37. The Hall–Kier alpha value is -0.0831. The van der Waals surface area contributed by atoms with E-state index in [2.05, 4.69) is 54.3 Å². The second-order valence-electron chi connectivity index (χ2n) is 10.9. The van der Waals surface area contributed by atoms with Gasteiger partial charge in [0.2, 0.25) is 0 Å². The molecule has 0 aliphatic heterocycles. The highest BCUT2D eigenvalue weighted by Gasteiger charge is 2.37. The van der Waals surface area contributed by atoms with Crippen molar-refractivity contribution in [3.8, 4) is 0 Å². The van der Waals surface area contributed by atoms with Crippen LogP contribution in [0.4, 0.5) is 0 Å². The lowest BCUT2D eigenvalue weighted by molar-refractivity contribution is 0.226. The number of unbranched alkanes of at least 4 members (excludes halogenated alkanes) is 8. The molecule has 0 amide bonds. The van der Waals surface area contributed by atoms with Gasteiger partial charge in [-0.1, -0.05) is 105 Å². The summed E-state index contributed by atoms with van der Waals surface area (Å²) in [6.45, 7) is 21.3. The predicted molar refractivity (Wildman–Crippen MR) is 132 cm³/mol. The van der Waals surface area contributed by atoms with Gasteiger partial charge in [0.25, 0.3) is 0 Å². The second kappa shape index (κ2) is 15.7. The summed E-state index contributed by atoms with van der Waals surface area (Å²) in [6, 6.07) is 0. The van der Waals surface area contributed by atoms with Gasteiger partial charge in [0.05, 0.1) is 0 Å². The molecule has 0 aromatic heterocycles. The molecule has 0 spiro atoms. The zero-order valence-corrected chi connectivity index (χ0v) is 21.7. The minimum absolute atomic E-state index is 0.326. The van der Waals surface area contributed by atoms with Crippen molar-refractivity contribution in [3.63, 3.8) is 0 Å². The molecule has 2 heteroatoms. The van der Waals surface area contributed by atoms with E-state index in [1.807, 2.05) is 6.08 Å². The Kier molecular flexibility index (Phi) is 15.7. The van der Waals surface area contributed by atoms with Gasteiger partial charge in [-0.2, -0.15) is 0 Å². The summed E-state index contributed by atoms with van der Waals surface area (Å²) in [5.41, 5.74) is 0. The van der Waals surface area contributed by atoms with Crippen molar-refractivity contribution in [2.75, 3.05) is 6.61 Å². The minimum atomic E-state index is -1.57. The van der Waals surface area contributed by atoms with Crippen molar-refractivity contribution >= 4 is 8.32 Å². The Balaban J connectivity index is 3.57. The highest BCUT2D eigenvalue weighted by molar-refractivity contribution is 6.74. The average Bonchev–Trinajstić information content (AvgIpc) is 2.60. The Morgan fingerprint density at radius 1 is 0.750 bits per heavy atom. The van der Waals surface area contributed by atoms with Crippen LogP contribution in [0.15, 0.2) is 12.7 Å². The molecule has 0 aromatic rings. The maximum Gasteiger partial charge on any atom is 0.191 e. The zero-order chi connectivity index (χ0) is 21.5. The molecule has 0 fully saturated rings. The SMILES string of the molecule is C=CCCCCCCCCCC[C@@H](C)CCC[C@@H](C)CO[Si](C)(C)C(C)(C)C. The fourth-order valence-corrected chi connectivity index (χ4v) is 4.59. The molecule has 168 valence electrons. The molecule has 0 unspecified atom stereocenters. The molecule has 1 nitrogen and oxygen atoms in total. The van der Waals surface area contributed by atoms with E-state index in [1.165, 1.54) is 83.5 Å². The van der Waals surface area contributed by atoms with E-state index in [1.54, 1.807) is 0 Å². The van der Waals surface area contributed by atoms with Crippen molar-refractivity contribution < 1.29 is 4.43 Å². The zero-order valence-electron chi connectivity index (χ0n) is 20.7. The Labute approximate surface area is 180 Å². The standard InChI is InChI=1S/C26H54OSi/c1-9-10-11-12-13-14-15-16-17-18-20-24(2)21-19-22-25(3)23-27-28(7,8)26(4,5)6/h9,24-25H,1,10-23H2,2-8H3/t24-,25-/m1/s1. The van der Waals surface area contributed by atoms with Crippen LogP contribution in [0.25, 0.3) is 0 Å². The molecule has 0 aliphatic rings. The first-order valence-corrected chi connectivity index (χ1v) is 15.3. The van der Waals surface area contributed by atoms with Crippen LogP contribution in [-0.4, -0.2) is 14.9 Å². The van der Waals surface area contributed by atoms with Crippen molar-refractivity contribution in [2.24, 2.45) is 11.8 Å². The number of allylic oxidation sites excluding steroid dienone is 1. The van der Waals surface area contributed by atoms with Gasteiger partial charge in [-0.05, 0) is 49.2 Å². The summed E-state index contributed by atoms with van der Waals surface area (Å²) in [5.74, 6) is 1.60. The van der Waals surface area contributed by atoms with Crippen LogP contribution in [0.1, 0.15) is 118 Å². The van der Waals surface area contributed by atoms with Crippen LogP contribution in [0.5, 0.6) is 0 Å². The van der Waals surface area contributed by atoms with Gasteiger partial charge in [0.15, 0.2) is 8.32 Å². The largest absolute Gasteiger partial charge is 0.417 e.